The van der Waals surface area contributed by atoms with E-state index in [1.165, 1.54) is 0 Å². The van der Waals surface area contributed by atoms with Gasteiger partial charge in [0, 0.05) is 19.4 Å². The molecule has 0 fully saturated rings. The molecule has 5 heteroatoms. The number of benzene rings is 1. The summed E-state index contributed by atoms with van der Waals surface area (Å²) in [7, 11) is 1.88. The summed E-state index contributed by atoms with van der Waals surface area (Å²) in [6.07, 6.45) is 3.53. The molecule has 0 aliphatic heterocycles. The Balaban J connectivity index is 1.95. The first-order valence-corrected chi connectivity index (χ1v) is 5.73. The van der Waals surface area contributed by atoms with Crippen molar-refractivity contribution >= 4 is 5.91 Å². The zero-order valence-electron chi connectivity index (χ0n) is 10.2. The molecule has 0 aliphatic rings. The summed E-state index contributed by atoms with van der Waals surface area (Å²) in [6.45, 7) is 0.378. The van der Waals surface area contributed by atoms with Crippen molar-refractivity contribution in [1.82, 2.24) is 14.9 Å². The summed E-state index contributed by atoms with van der Waals surface area (Å²) in [6, 6.07) is 8.65. The minimum Gasteiger partial charge on any atom is -0.347 e. The fourth-order valence-corrected chi connectivity index (χ4v) is 1.65. The number of amides is 1. The zero-order chi connectivity index (χ0) is 13.0. The minimum absolute atomic E-state index is 0.204. The summed E-state index contributed by atoms with van der Waals surface area (Å²) < 4.78 is 1.86. The van der Waals surface area contributed by atoms with Crippen LogP contribution in [0.1, 0.15) is 17.4 Å². The Morgan fingerprint density at radius 1 is 1.44 bits per heavy atom. The Labute approximate surface area is 106 Å². The normalized spacial score (nSPS) is 12.1. The van der Waals surface area contributed by atoms with Crippen molar-refractivity contribution < 1.29 is 4.79 Å². The van der Waals surface area contributed by atoms with E-state index in [-0.39, 0.29) is 5.91 Å². The molecule has 0 unspecified atom stereocenters. The van der Waals surface area contributed by atoms with E-state index in [1.54, 1.807) is 6.20 Å². The molecule has 1 atom stereocenters. The van der Waals surface area contributed by atoms with Gasteiger partial charge in [0.2, 0.25) is 5.91 Å². The van der Waals surface area contributed by atoms with Gasteiger partial charge in [-0.15, -0.1) is 0 Å². The van der Waals surface area contributed by atoms with Gasteiger partial charge < -0.3 is 15.6 Å². The maximum absolute atomic E-state index is 11.9. The molecule has 0 radical (unpaired) electrons. The van der Waals surface area contributed by atoms with E-state index >= 15 is 0 Å². The molecule has 94 valence electrons. The second-order valence-electron chi connectivity index (χ2n) is 4.06. The molecule has 1 aromatic carbocycles. The van der Waals surface area contributed by atoms with Gasteiger partial charge in [-0.3, -0.25) is 4.79 Å². The fourth-order valence-electron chi connectivity index (χ4n) is 1.65. The topological polar surface area (TPSA) is 72.9 Å². The van der Waals surface area contributed by atoms with Crippen LogP contribution in [0.15, 0.2) is 42.7 Å². The Hall–Kier alpha value is -2.14. The van der Waals surface area contributed by atoms with Crippen LogP contribution in [-0.2, 0) is 18.4 Å². The molecule has 2 aromatic rings. The zero-order valence-corrected chi connectivity index (χ0v) is 10.2. The third kappa shape index (κ3) is 2.75. The largest absolute Gasteiger partial charge is 0.347 e. The van der Waals surface area contributed by atoms with Crippen LogP contribution >= 0.6 is 0 Å². The second-order valence-corrected chi connectivity index (χ2v) is 4.06. The van der Waals surface area contributed by atoms with Crippen LogP contribution in [0.5, 0.6) is 0 Å². The van der Waals surface area contributed by atoms with Crippen LogP contribution in [0, 0.1) is 0 Å². The lowest BCUT2D eigenvalue weighted by Crippen LogP contribution is -2.34. The number of hydrogen-bond donors (Lipinski definition) is 2. The second kappa shape index (κ2) is 5.46. The summed E-state index contributed by atoms with van der Waals surface area (Å²) in [4.78, 5) is 16.0. The predicted octanol–water partition coefficient (Wildman–Crippen LogP) is 0.736. The van der Waals surface area contributed by atoms with Crippen LogP contribution in [-0.4, -0.2) is 15.5 Å². The minimum atomic E-state index is -0.647. The molecule has 1 heterocycles. The van der Waals surface area contributed by atoms with Gasteiger partial charge in [-0.25, -0.2) is 4.98 Å². The van der Waals surface area contributed by atoms with E-state index in [1.807, 2.05) is 48.1 Å². The average Bonchev–Trinajstić information content (AvgIpc) is 2.81. The lowest BCUT2D eigenvalue weighted by Gasteiger charge is -2.12. The number of nitrogens with zero attached hydrogens (tertiary/aromatic N) is 2. The van der Waals surface area contributed by atoms with Crippen molar-refractivity contribution in [3.8, 4) is 0 Å². The third-order valence-corrected chi connectivity index (χ3v) is 2.78. The Morgan fingerprint density at radius 2 is 2.17 bits per heavy atom. The molecule has 18 heavy (non-hydrogen) atoms. The maximum Gasteiger partial charge on any atom is 0.241 e. The number of rotatable bonds is 4. The van der Waals surface area contributed by atoms with Gasteiger partial charge in [-0.2, -0.15) is 0 Å². The third-order valence-electron chi connectivity index (χ3n) is 2.78. The highest BCUT2D eigenvalue weighted by Crippen LogP contribution is 2.09. The van der Waals surface area contributed by atoms with Crippen LogP contribution < -0.4 is 11.1 Å². The van der Waals surface area contributed by atoms with Gasteiger partial charge in [0.25, 0.3) is 0 Å². The number of carbonyl (C=O) groups excluding carboxylic acids is 1. The highest BCUT2D eigenvalue weighted by Gasteiger charge is 2.15. The first-order chi connectivity index (χ1) is 8.68. The molecular formula is C13H16N4O. The summed E-state index contributed by atoms with van der Waals surface area (Å²) in [5.41, 5.74) is 6.68. The van der Waals surface area contributed by atoms with Gasteiger partial charge in [0.05, 0.1) is 6.54 Å². The molecule has 0 spiro atoms. The molecule has 1 amide bonds. The average molecular weight is 244 g/mol. The predicted molar refractivity (Wildman–Crippen MR) is 68.4 cm³/mol. The van der Waals surface area contributed by atoms with Crippen molar-refractivity contribution in [2.75, 3.05) is 0 Å². The van der Waals surface area contributed by atoms with Crippen molar-refractivity contribution in [2.24, 2.45) is 12.8 Å². The van der Waals surface area contributed by atoms with Crippen LogP contribution in [0.4, 0.5) is 0 Å². The quantitative estimate of drug-likeness (QED) is 0.833. The Kier molecular flexibility index (Phi) is 3.74. The number of nitrogens with one attached hydrogen (secondary N) is 1. The number of aromatic nitrogens is 2. The highest BCUT2D eigenvalue weighted by molar-refractivity contribution is 5.82. The maximum atomic E-state index is 11.9. The van der Waals surface area contributed by atoms with E-state index in [4.69, 9.17) is 5.73 Å². The van der Waals surface area contributed by atoms with Crippen LogP contribution in [0.25, 0.3) is 0 Å². The summed E-state index contributed by atoms with van der Waals surface area (Å²) in [5.74, 6) is 0.591. The lowest BCUT2D eigenvalue weighted by atomic mass is 10.1. The van der Waals surface area contributed by atoms with Gasteiger partial charge in [0.1, 0.15) is 11.9 Å². The SMILES string of the molecule is Cn1ccnc1CNC(=O)[C@@H](N)c1ccccc1. The molecular weight excluding hydrogens is 228 g/mol. The summed E-state index contributed by atoms with van der Waals surface area (Å²) in [5, 5.41) is 2.78. The first kappa shape index (κ1) is 12.3. The van der Waals surface area contributed by atoms with Crippen molar-refractivity contribution in [1.29, 1.82) is 0 Å². The van der Waals surface area contributed by atoms with Gasteiger partial charge in [0.15, 0.2) is 0 Å². The van der Waals surface area contributed by atoms with Crippen LogP contribution in [0.2, 0.25) is 0 Å². The molecule has 3 N–H and O–H groups in total. The molecule has 0 saturated heterocycles. The molecule has 2 rings (SSSR count). The van der Waals surface area contributed by atoms with E-state index in [2.05, 4.69) is 10.3 Å². The number of aryl methyl sites for hydroxylation is 1. The number of carbonyl (C=O) groups is 1. The molecule has 1 aromatic heterocycles. The van der Waals surface area contributed by atoms with Crippen molar-refractivity contribution in [3.63, 3.8) is 0 Å². The highest BCUT2D eigenvalue weighted by atomic mass is 16.2. The van der Waals surface area contributed by atoms with E-state index in [0.717, 1.165) is 11.4 Å². The molecule has 0 saturated carbocycles. The van der Waals surface area contributed by atoms with E-state index < -0.39 is 6.04 Å². The van der Waals surface area contributed by atoms with Gasteiger partial charge >= 0.3 is 0 Å². The van der Waals surface area contributed by atoms with Crippen LogP contribution in [0.3, 0.4) is 0 Å². The van der Waals surface area contributed by atoms with Crippen molar-refractivity contribution in [3.05, 3.63) is 54.1 Å². The number of hydrogen-bond acceptors (Lipinski definition) is 3. The first-order valence-electron chi connectivity index (χ1n) is 5.73. The Bertz CT molecular complexity index is 521. The number of nitrogens with two attached hydrogens (primary N) is 1. The standard InChI is InChI=1S/C13H16N4O/c1-17-8-7-15-11(17)9-16-13(18)12(14)10-5-3-2-4-6-10/h2-8,12H,9,14H2,1H3,(H,16,18)/t12-/m0/s1. The van der Waals surface area contributed by atoms with E-state index in [0.29, 0.717) is 6.54 Å². The van der Waals surface area contributed by atoms with Gasteiger partial charge in [-0.05, 0) is 5.56 Å². The smallest absolute Gasteiger partial charge is 0.241 e. The van der Waals surface area contributed by atoms with Gasteiger partial charge in [-0.1, -0.05) is 30.3 Å². The number of imidazole rings is 1. The van der Waals surface area contributed by atoms with E-state index in [9.17, 15) is 4.79 Å². The fraction of sp³-hybridized carbons (Fsp3) is 0.231. The van der Waals surface area contributed by atoms with Crippen molar-refractivity contribution in [2.45, 2.75) is 12.6 Å². The molecule has 5 nitrogen and oxygen atoms in total. The summed E-state index contributed by atoms with van der Waals surface area (Å²) >= 11 is 0. The molecule has 0 aliphatic carbocycles. The lowest BCUT2D eigenvalue weighted by molar-refractivity contribution is -0.122. The Morgan fingerprint density at radius 3 is 2.78 bits per heavy atom. The molecule has 0 bridgehead atoms. The monoisotopic (exact) mass is 244 g/mol.